The fraction of sp³-hybridized carbons (Fsp3) is 0.391. The molecule has 1 amide bonds. The number of carbonyl (C=O) groups is 2. The third-order valence-electron chi connectivity index (χ3n) is 5.14. The summed E-state index contributed by atoms with van der Waals surface area (Å²) in [5.41, 5.74) is 1.29. The standard InChI is InChI=1S/C23H28N2O6S/c1-3-30-22(26)16-31-20-9-7-8-19(15-20)24-23(27)18-11-10-17(2)21(14-18)32(28,29)25-12-5-4-6-13-25/h7-11,14-15H,3-6,12-13,16H2,1-2H3,(H,24,27). The first-order chi connectivity index (χ1) is 15.3. The number of amides is 1. The first-order valence-electron chi connectivity index (χ1n) is 10.6. The van der Waals surface area contributed by atoms with Crippen LogP contribution in [0.2, 0.25) is 0 Å². The van der Waals surface area contributed by atoms with Crippen molar-refractivity contribution in [3.05, 3.63) is 53.6 Å². The molecule has 0 radical (unpaired) electrons. The molecule has 1 N–H and O–H groups in total. The smallest absolute Gasteiger partial charge is 0.344 e. The summed E-state index contributed by atoms with van der Waals surface area (Å²) in [7, 11) is -3.66. The highest BCUT2D eigenvalue weighted by Crippen LogP contribution is 2.25. The summed E-state index contributed by atoms with van der Waals surface area (Å²) in [6.45, 7) is 4.46. The molecule has 1 fully saturated rings. The van der Waals surface area contributed by atoms with E-state index in [0.29, 0.717) is 30.1 Å². The van der Waals surface area contributed by atoms with Crippen LogP contribution in [0.5, 0.6) is 5.75 Å². The Hall–Kier alpha value is -2.91. The summed E-state index contributed by atoms with van der Waals surface area (Å²) < 4.78 is 37.9. The minimum absolute atomic E-state index is 0.151. The van der Waals surface area contributed by atoms with E-state index in [1.54, 1.807) is 50.2 Å². The highest BCUT2D eigenvalue weighted by molar-refractivity contribution is 7.89. The number of piperidine rings is 1. The third-order valence-corrected chi connectivity index (χ3v) is 7.18. The second-order valence-corrected chi connectivity index (χ2v) is 9.43. The van der Waals surface area contributed by atoms with Crippen molar-refractivity contribution >= 4 is 27.6 Å². The Morgan fingerprint density at radius 2 is 1.81 bits per heavy atom. The quantitative estimate of drug-likeness (QED) is 0.606. The van der Waals surface area contributed by atoms with Crippen LogP contribution in [-0.4, -0.2) is 50.9 Å². The van der Waals surface area contributed by atoms with Crippen molar-refractivity contribution in [3.63, 3.8) is 0 Å². The largest absolute Gasteiger partial charge is 0.482 e. The number of sulfonamides is 1. The number of anilines is 1. The lowest BCUT2D eigenvalue weighted by atomic mass is 10.1. The molecule has 1 heterocycles. The molecular weight excluding hydrogens is 432 g/mol. The number of nitrogens with zero attached hydrogens (tertiary/aromatic N) is 1. The van der Waals surface area contributed by atoms with Crippen LogP contribution in [0.1, 0.15) is 42.1 Å². The number of aryl methyl sites for hydroxylation is 1. The summed E-state index contributed by atoms with van der Waals surface area (Å²) >= 11 is 0. The van der Waals surface area contributed by atoms with E-state index in [-0.39, 0.29) is 23.7 Å². The van der Waals surface area contributed by atoms with Gasteiger partial charge in [0.1, 0.15) is 5.75 Å². The lowest BCUT2D eigenvalue weighted by Crippen LogP contribution is -2.36. The number of ether oxygens (including phenoxy) is 2. The molecule has 172 valence electrons. The van der Waals surface area contributed by atoms with E-state index in [4.69, 9.17) is 9.47 Å². The van der Waals surface area contributed by atoms with Crippen molar-refractivity contribution < 1.29 is 27.5 Å². The molecule has 1 saturated heterocycles. The molecule has 0 aromatic heterocycles. The van der Waals surface area contributed by atoms with Gasteiger partial charge in [-0.15, -0.1) is 0 Å². The van der Waals surface area contributed by atoms with E-state index in [9.17, 15) is 18.0 Å². The lowest BCUT2D eigenvalue weighted by molar-refractivity contribution is -0.145. The second-order valence-electron chi connectivity index (χ2n) is 7.52. The molecule has 32 heavy (non-hydrogen) atoms. The Balaban J connectivity index is 1.74. The van der Waals surface area contributed by atoms with Crippen molar-refractivity contribution in [1.82, 2.24) is 4.31 Å². The first kappa shape index (κ1) is 23.7. The number of hydrogen-bond donors (Lipinski definition) is 1. The molecule has 2 aromatic rings. The highest BCUT2D eigenvalue weighted by Gasteiger charge is 2.28. The number of rotatable bonds is 8. The van der Waals surface area contributed by atoms with Crippen LogP contribution < -0.4 is 10.1 Å². The van der Waals surface area contributed by atoms with Crippen LogP contribution in [-0.2, 0) is 19.6 Å². The van der Waals surface area contributed by atoms with Crippen LogP contribution in [0.15, 0.2) is 47.4 Å². The maximum absolute atomic E-state index is 13.1. The Morgan fingerprint density at radius 1 is 1.06 bits per heavy atom. The van der Waals surface area contributed by atoms with Crippen molar-refractivity contribution in [2.45, 2.75) is 38.0 Å². The number of hydrogen-bond acceptors (Lipinski definition) is 6. The molecule has 0 bridgehead atoms. The zero-order valence-corrected chi connectivity index (χ0v) is 19.1. The zero-order valence-electron chi connectivity index (χ0n) is 18.3. The summed E-state index contributed by atoms with van der Waals surface area (Å²) in [6.07, 6.45) is 2.70. The Kier molecular flexibility index (Phi) is 7.87. The number of carbonyl (C=O) groups excluding carboxylic acids is 2. The Bertz CT molecular complexity index is 1080. The van der Waals surface area contributed by atoms with Gasteiger partial charge in [0, 0.05) is 30.4 Å². The van der Waals surface area contributed by atoms with E-state index in [0.717, 1.165) is 19.3 Å². The molecule has 0 unspecified atom stereocenters. The monoisotopic (exact) mass is 460 g/mol. The van der Waals surface area contributed by atoms with Gasteiger partial charge in [0.15, 0.2) is 6.61 Å². The van der Waals surface area contributed by atoms with Crippen LogP contribution >= 0.6 is 0 Å². The molecule has 9 heteroatoms. The summed E-state index contributed by atoms with van der Waals surface area (Å²) in [4.78, 5) is 24.4. The molecule has 1 aliphatic heterocycles. The number of nitrogens with one attached hydrogen (secondary N) is 1. The van der Waals surface area contributed by atoms with E-state index < -0.39 is 21.9 Å². The van der Waals surface area contributed by atoms with Gasteiger partial charge in [-0.05, 0) is 56.5 Å². The van der Waals surface area contributed by atoms with Gasteiger partial charge in [-0.3, -0.25) is 4.79 Å². The molecule has 0 saturated carbocycles. The third kappa shape index (κ3) is 5.86. The van der Waals surface area contributed by atoms with E-state index >= 15 is 0 Å². The molecule has 2 aromatic carbocycles. The number of benzene rings is 2. The maximum Gasteiger partial charge on any atom is 0.344 e. The second kappa shape index (κ2) is 10.6. The van der Waals surface area contributed by atoms with Crippen LogP contribution in [0.25, 0.3) is 0 Å². The molecule has 0 spiro atoms. The van der Waals surface area contributed by atoms with E-state index in [1.165, 1.54) is 10.4 Å². The molecule has 0 atom stereocenters. The molecule has 1 aliphatic rings. The van der Waals surface area contributed by atoms with Crippen molar-refractivity contribution in [3.8, 4) is 5.75 Å². The van der Waals surface area contributed by atoms with E-state index in [1.807, 2.05) is 0 Å². The van der Waals surface area contributed by atoms with Gasteiger partial charge < -0.3 is 14.8 Å². The van der Waals surface area contributed by atoms with Gasteiger partial charge in [0.05, 0.1) is 11.5 Å². The van der Waals surface area contributed by atoms with Gasteiger partial charge in [-0.25, -0.2) is 13.2 Å². The Labute approximate surface area is 188 Å². The van der Waals surface area contributed by atoms with Gasteiger partial charge >= 0.3 is 5.97 Å². The minimum Gasteiger partial charge on any atom is -0.482 e. The fourth-order valence-corrected chi connectivity index (χ4v) is 5.24. The average Bonchev–Trinajstić information content (AvgIpc) is 2.79. The van der Waals surface area contributed by atoms with Crippen LogP contribution in [0.4, 0.5) is 5.69 Å². The molecule has 8 nitrogen and oxygen atoms in total. The maximum atomic E-state index is 13.1. The summed E-state index contributed by atoms with van der Waals surface area (Å²) in [5.74, 6) is -0.528. The highest BCUT2D eigenvalue weighted by atomic mass is 32.2. The van der Waals surface area contributed by atoms with Crippen molar-refractivity contribution in [2.24, 2.45) is 0 Å². The van der Waals surface area contributed by atoms with Crippen LogP contribution in [0, 0.1) is 6.92 Å². The van der Waals surface area contributed by atoms with Crippen molar-refractivity contribution in [1.29, 1.82) is 0 Å². The predicted octanol–water partition coefficient (Wildman–Crippen LogP) is 3.36. The van der Waals surface area contributed by atoms with Gasteiger partial charge in [0.25, 0.3) is 5.91 Å². The molecular formula is C23H28N2O6S. The van der Waals surface area contributed by atoms with Crippen molar-refractivity contribution in [2.75, 3.05) is 31.6 Å². The van der Waals surface area contributed by atoms with E-state index in [2.05, 4.69) is 5.32 Å². The predicted molar refractivity (Wildman–Crippen MR) is 120 cm³/mol. The zero-order chi connectivity index (χ0) is 23.1. The van der Waals surface area contributed by atoms with Gasteiger partial charge in [-0.2, -0.15) is 4.31 Å². The minimum atomic E-state index is -3.66. The Morgan fingerprint density at radius 3 is 2.53 bits per heavy atom. The normalized spacial score (nSPS) is 14.6. The van der Waals surface area contributed by atoms with Gasteiger partial charge in [-0.1, -0.05) is 18.6 Å². The van der Waals surface area contributed by atoms with Gasteiger partial charge in [0.2, 0.25) is 10.0 Å². The summed E-state index contributed by atoms with van der Waals surface area (Å²) in [6, 6.07) is 11.3. The molecule has 0 aliphatic carbocycles. The SMILES string of the molecule is CCOC(=O)COc1cccc(NC(=O)c2ccc(C)c(S(=O)(=O)N3CCCCC3)c2)c1. The lowest BCUT2D eigenvalue weighted by Gasteiger charge is -2.26. The van der Waals surface area contributed by atoms with Crippen LogP contribution in [0.3, 0.4) is 0 Å². The average molecular weight is 461 g/mol. The fourth-order valence-electron chi connectivity index (χ4n) is 3.48. The topological polar surface area (TPSA) is 102 Å². The molecule has 3 rings (SSSR count). The number of esters is 1. The summed E-state index contributed by atoms with van der Waals surface area (Å²) in [5, 5.41) is 2.75. The first-order valence-corrected chi connectivity index (χ1v) is 12.1.